The maximum atomic E-state index is 11.6. The number of phenolic OH excluding ortho intramolecular Hbond substituents is 1. The molecule has 0 saturated heterocycles. The van der Waals surface area contributed by atoms with Crippen molar-refractivity contribution in [3.05, 3.63) is 18.2 Å². The summed E-state index contributed by atoms with van der Waals surface area (Å²) in [7, 11) is -3.91. The van der Waals surface area contributed by atoms with Crippen LogP contribution < -0.4 is 10.5 Å². The van der Waals surface area contributed by atoms with Crippen LogP contribution >= 0.6 is 0 Å². The van der Waals surface area contributed by atoms with Gasteiger partial charge in [0.25, 0.3) is 0 Å². The Labute approximate surface area is 105 Å². The lowest BCUT2D eigenvalue weighted by Crippen LogP contribution is -2.24. The maximum Gasteiger partial charge on any atom is 0.323 e. The first-order chi connectivity index (χ1) is 8.34. The van der Waals surface area contributed by atoms with Gasteiger partial charge in [0.2, 0.25) is 10.0 Å². The smallest absolute Gasteiger partial charge is 0.323 e. The van der Waals surface area contributed by atoms with E-state index in [1.807, 2.05) is 0 Å². The van der Waals surface area contributed by atoms with E-state index in [4.69, 9.17) is 5.73 Å². The molecule has 0 atom stereocenters. The van der Waals surface area contributed by atoms with Gasteiger partial charge in [0.1, 0.15) is 5.75 Å². The highest BCUT2D eigenvalue weighted by molar-refractivity contribution is 7.93. The van der Waals surface area contributed by atoms with Crippen LogP contribution in [0, 0.1) is 0 Å². The number of benzene rings is 1. The Hall–Kier alpha value is -1.96. The van der Waals surface area contributed by atoms with Gasteiger partial charge in [-0.2, -0.15) is 0 Å². The quantitative estimate of drug-likeness (QED) is 0.403. The zero-order valence-electron chi connectivity index (χ0n) is 9.71. The van der Waals surface area contributed by atoms with Crippen molar-refractivity contribution in [1.82, 2.24) is 0 Å². The van der Waals surface area contributed by atoms with Gasteiger partial charge in [-0.15, -0.1) is 0 Å². The summed E-state index contributed by atoms with van der Waals surface area (Å²) in [4.78, 5) is 11.1. The number of carbonyl (C=O) groups is 1. The first-order valence-electron chi connectivity index (χ1n) is 5.08. The van der Waals surface area contributed by atoms with E-state index in [1.54, 1.807) is 6.92 Å². The molecule has 0 unspecified atom stereocenters. The van der Waals surface area contributed by atoms with Crippen molar-refractivity contribution in [2.45, 2.75) is 6.92 Å². The lowest BCUT2D eigenvalue weighted by molar-refractivity contribution is -0.139. The number of hydrogen-bond donors (Lipinski definition) is 3. The predicted octanol–water partition coefficient (Wildman–Crippen LogP) is 0.279. The van der Waals surface area contributed by atoms with Gasteiger partial charge in [0.05, 0.1) is 18.0 Å². The van der Waals surface area contributed by atoms with E-state index in [0.717, 1.165) is 6.07 Å². The monoisotopic (exact) mass is 274 g/mol. The molecular weight excluding hydrogens is 260 g/mol. The molecule has 7 nitrogen and oxygen atoms in total. The molecule has 1 aromatic carbocycles. The highest BCUT2D eigenvalue weighted by atomic mass is 32.2. The van der Waals surface area contributed by atoms with Crippen LogP contribution in [0.15, 0.2) is 18.2 Å². The summed E-state index contributed by atoms with van der Waals surface area (Å²) in [6, 6.07) is 3.81. The first kappa shape index (κ1) is 14.1. The van der Waals surface area contributed by atoms with Gasteiger partial charge in [-0.1, -0.05) is 0 Å². The number of phenols is 1. The van der Waals surface area contributed by atoms with E-state index in [-0.39, 0.29) is 23.7 Å². The molecule has 0 aliphatic rings. The van der Waals surface area contributed by atoms with Crippen LogP contribution in [0.2, 0.25) is 0 Å². The Morgan fingerprint density at radius 1 is 1.50 bits per heavy atom. The van der Waals surface area contributed by atoms with Gasteiger partial charge in [0, 0.05) is 6.07 Å². The summed E-state index contributed by atoms with van der Waals surface area (Å²) in [5, 5.41) is 9.22. The third-order valence-corrected chi connectivity index (χ3v) is 3.06. The lowest BCUT2D eigenvalue weighted by Gasteiger charge is -2.10. The fourth-order valence-electron chi connectivity index (χ4n) is 1.19. The Morgan fingerprint density at radius 2 is 2.17 bits per heavy atom. The molecular formula is C10H14N2O5S. The minimum absolute atomic E-state index is 0.0132. The number of sulfonamides is 1. The lowest BCUT2D eigenvalue weighted by atomic mass is 10.2. The van der Waals surface area contributed by atoms with Crippen LogP contribution in [-0.2, 0) is 19.6 Å². The number of aromatic hydroxyl groups is 1. The maximum absolute atomic E-state index is 11.6. The third-order valence-electron chi connectivity index (χ3n) is 1.92. The highest BCUT2D eigenvalue weighted by Crippen LogP contribution is 2.24. The third kappa shape index (κ3) is 4.13. The molecule has 18 heavy (non-hydrogen) atoms. The molecule has 0 bridgehead atoms. The van der Waals surface area contributed by atoms with Crippen molar-refractivity contribution < 1.29 is 23.1 Å². The van der Waals surface area contributed by atoms with E-state index < -0.39 is 21.7 Å². The minimum Gasteiger partial charge on any atom is -0.508 e. The van der Waals surface area contributed by atoms with Crippen LogP contribution in [0.1, 0.15) is 6.92 Å². The second-order valence-electron chi connectivity index (χ2n) is 3.44. The number of ether oxygens (including phenoxy) is 1. The molecule has 1 aromatic rings. The van der Waals surface area contributed by atoms with E-state index in [1.165, 1.54) is 12.1 Å². The van der Waals surface area contributed by atoms with Crippen LogP contribution in [0.5, 0.6) is 5.75 Å². The fraction of sp³-hybridized carbons (Fsp3) is 0.300. The van der Waals surface area contributed by atoms with Gasteiger partial charge in [-0.25, -0.2) is 8.42 Å². The Balaban J connectivity index is 2.82. The SMILES string of the molecule is CCOC(=O)CS(=O)(=O)Nc1cc(O)ccc1N. The largest absolute Gasteiger partial charge is 0.508 e. The zero-order chi connectivity index (χ0) is 13.8. The Morgan fingerprint density at radius 3 is 2.78 bits per heavy atom. The van der Waals surface area contributed by atoms with Gasteiger partial charge < -0.3 is 15.6 Å². The molecule has 0 radical (unpaired) electrons. The van der Waals surface area contributed by atoms with Gasteiger partial charge >= 0.3 is 5.97 Å². The van der Waals surface area contributed by atoms with E-state index in [2.05, 4.69) is 9.46 Å². The molecule has 0 aromatic heterocycles. The van der Waals surface area contributed by atoms with E-state index >= 15 is 0 Å². The number of hydrogen-bond acceptors (Lipinski definition) is 6. The average Bonchev–Trinajstić information content (AvgIpc) is 2.22. The predicted molar refractivity (Wildman–Crippen MR) is 66.6 cm³/mol. The number of rotatable bonds is 5. The molecule has 100 valence electrons. The van der Waals surface area contributed by atoms with Crippen LogP contribution in [0.4, 0.5) is 11.4 Å². The standard InChI is InChI=1S/C10H14N2O5S/c1-2-17-10(14)6-18(15,16)12-9-5-7(13)3-4-8(9)11/h3-5,12-13H,2,6,11H2,1H3. The molecule has 0 fully saturated rings. The topological polar surface area (TPSA) is 119 Å². The summed E-state index contributed by atoms with van der Waals surface area (Å²) < 4.78 is 29.8. The van der Waals surface area contributed by atoms with Gasteiger partial charge in [-0.3, -0.25) is 9.52 Å². The molecule has 0 saturated carbocycles. The van der Waals surface area contributed by atoms with Crippen molar-refractivity contribution in [3.8, 4) is 5.75 Å². The second-order valence-corrected chi connectivity index (χ2v) is 5.16. The number of nitrogens with two attached hydrogens (primary N) is 1. The minimum atomic E-state index is -3.91. The second kappa shape index (κ2) is 5.58. The number of esters is 1. The van der Waals surface area contributed by atoms with Crippen LogP contribution in [0.3, 0.4) is 0 Å². The number of nitrogens with one attached hydrogen (secondary N) is 1. The molecule has 0 amide bonds. The van der Waals surface area contributed by atoms with Crippen LogP contribution in [-0.4, -0.2) is 31.9 Å². The number of nitrogen functional groups attached to an aromatic ring is 1. The van der Waals surface area contributed by atoms with Crippen molar-refractivity contribution in [2.24, 2.45) is 0 Å². The summed E-state index contributed by atoms with van der Waals surface area (Å²) in [6.45, 7) is 1.67. The molecule has 8 heteroatoms. The highest BCUT2D eigenvalue weighted by Gasteiger charge is 2.18. The zero-order valence-corrected chi connectivity index (χ0v) is 10.5. The average molecular weight is 274 g/mol. The van der Waals surface area contributed by atoms with E-state index in [0.29, 0.717) is 0 Å². The summed E-state index contributed by atoms with van der Waals surface area (Å²) >= 11 is 0. The summed E-state index contributed by atoms with van der Waals surface area (Å²) in [6.07, 6.45) is 0. The van der Waals surface area contributed by atoms with E-state index in [9.17, 15) is 18.3 Å². The molecule has 4 N–H and O–H groups in total. The first-order valence-corrected chi connectivity index (χ1v) is 6.74. The van der Waals surface area contributed by atoms with Crippen LogP contribution in [0.25, 0.3) is 0 Å². The number of anilines is 2. The van der Waals surface area contributed by atoms with Crippen molar-refractivity contribution >= 4 is 27.4 Å². The van der Waals surface area contributed by atoms with Gasteiger partial charge in [-0.05, 0) is 19.1 Å². The van der Waals surface area contributed by atoms with Gasteiger partial charge in [0.15, 0.2) is 5.75 Å². The number of carbonyl (C=O) groups excluding carboxylic acids is 1. The summed E-state index contributed by atoms with van der Waals surface area (Å²) in [5.74, 6) is -1.81. The van der Waals surface area contributed by atoms with Crippen molar-refractivity contribution in [3.63, 3.8) is 0 Å². The van der Waals surface area contributed by atoms with Crippen molar-refractivity contribution in [1.29, 1.82) is 0 Å². The Kier molecular flexibility index (Phi) is 4.38. The normalized spacial score (nSPS) is 10.9. The summed E-state index contributed by atoms with van der Waals surface area (Å²) in [5.41, 5.74) is 5.68. The molecule has 0 spiro atoms. The Bertz CT molecular complexity index is 541. The molecule has 0 aliphatic carbocycles. The molecule has 0 aliphatic heterocycles. The fourth-order valence-corrected chi connectivity index (χ4v) is 2.17. The molecule has 1 rings (SSSR count). The molecule has 0 heterocycles. The van der Waals surface area contributed by atoms with Crippen molar-refractivity contribution in [2.75, 3.05) is 22.8 Å².